The van der Waals surface area contributed by atoms with Gasteiger partial charge >= 0.3 is 0 Å². The maximum atomic E-state index is 11.0. The Labute approximate surface area is 113 Å². The summed E-state index contributed by atoms with van der Waals surface area (Å²) in [5.74, 6) is 0.513. The van der Waals surface area contributed by atoms with Crippen LogP contribution in [0.25, 0.3) is 0 Å². The number of nitro benzene ring substituents is 1. The lowest BCUT2D eigenvalue weighted by molar-refractivity contribution is -0.385. The first kappa shape index (κ1) is 14.0. The summed E-state index contributed by atoms with van der Waals surface area (Å²) in [6, 6.07) is 6.88. The van der Waals surface area contributed by atoms with E-state index >= 15 is 0 Å². The molecule has 0 saturated carbocycles. The highest BCUT2D eigenvalue weighted by Gasteiger charge is 2.20. The molecule has 1 aliphatic rings. The summed E-state index contributed by atoms with van der Waals surface area (Å²) in [6.45, 7) is 4.45. The third-order valence-electron chi connectivity index (χ3n) is 3.57. The largest absolute Gasteiger partial charge is 0.381 e. The summed E-state index contributed by atoms with van der Waals surface area (Å²) in [7, 11) is 0. The Morgan fingerprint density at radius 1 is 1.53 bits per heavy atom. The van der Waals surface area contributed by atoms with Crippen molar-refractivity contribution in [3.05, 3.63) is 39.9 Å². The van der Waals surface area contributed by atoms with Crippen LogP contribution in [0, 0.1) is 16.0 Å². The molecule has 1 aromatic carbocycles. The number of hydrogen-bond acceptors (Lipinski definition) is 4. The number of nitro groups is 1. The van der Waals surface area contributed by atoms with Crippen LogP contribution in [0.2, 0.25) is 0 Å². The van der Waals surface area contributed by atoms with Gasteiger partial charge in [-0.1, -0.05) is 18.2 Å². The monoisotopic (exact) mass is 264 g/mol. The second kappa shape index (κ2) is 6.63. The molecule has 1 aliphatic heterocycles. The highest BCUT2D eigenvalue weighted by atomic mass is 16.6. The third kappa shape index (κ3) is 3.75. The van der Waals surface area contributed by atoms with E-state index in [1.807, 2.05) is 19.1 Å². The summed E-state index contributed by atoms with van der Waals surface area (Å²) in [4.78, 5) is 10.7. The molecule has 1 saturated heterocycles. The van der Waals surface area contributed by atoms with Gasteiger partial charge in [0.2, 0.25) is 0 Å². The zero-order valence-corrected chi connectivity index (χ0v) is 11.2. The molecule has 1 heterocycles. The van der Waals surface area contributed by atoms with Gasteiger partial charge in [-0.3, -0.25) is 10.1 Å². The standard InChI is InChI=1S/C14H20N2O3/c1-11(15-9-12-5-4-8-19-10-12)13-6-2-3-7-14(13)16(17)18/h2-3,6-7,11-12,15H,4-5,8-10H2,1H3. The van der Waals surface area contributed by atoms with Gasteiger partial charge in [-0.25, -0.2) is 0 Å². The maximum Gasteiger partial charge on any atom is 0.274 e. The van der Waals surface area contributed by atoms with Crippen LogP contribution in [0.3, 0.4) is 0 Å². The number of hydrogen-bond donors (Lipinski definition) is 1. The van der Waals surface area contributed by atoms with Crippen LogP contribution in [0.5, 0.6) is 0 Å². The van der Waals surface area contributed by atoms with E-state index in [9.17, 15) is 10.1 Å². The molecular formula is C14H20N2O3. The second-order valence-electron chi connectivity index (χ2n) is 5.03. The molecule has 0 bridgehead atoms. The predicted molar refractivity (Wildman–Crippen MR) is 73.1 cm³/mol. The van der Waals surface area contributed by atoms with Crippen LogP contribution in [-0.2, 0) is 4.74 Å². The molecular weight excluding hydrogens is 244 g/mol. The first-order chi connectivity index (χ1) is 9.18. The van der Waals surface area contributed by atoms with Gasteiger partial charge in [-0.15, -0.1) is 0 Å². The van der Waals surface area contributed by atoms with Gasteiger partial charge in [-0.05, 0) is 25.7 Å². The predicted octanol–water partition coefficient (Wildman–Crippen LogP) is 2.67. The molecule has 104 valence electrons. The lowest BCUT2D eigenvalue weighted by Gasteiger charge is -2.24. The van der Waals surface area contributed by atoms with Gasteiger partial charge in [-0.2, -0.15) is 0 Å². The Morgan fingerprint density at radius 2 is 2.32 bits per heavy atom. The SMILES string of the molecule is CC(NCC1CCCOC1)c1ccccc1[N+](=O)[O-]. The van der Waals surface area contributed by atoms with Crippen molar-refractivity contribution in [1.82, 2.24) is 5.32 Å². The van der Waals surface area contributed by atoms with Gasteiger partial charge in [0.1, 0.15) is 0 Å². The van der Waals surface area contributed by atoms with Crippen LogP contribution < -0.4 is 5.32 Å². The molecule has 0 radical (unpaired) electrons. The van der Waals surface area contributed by atoms with E-state index in [0.717, 1.165) is 38.2 Å². The van der Waals surface area contributed by atoms with Crippen molar-refractivity contribution in [2.75, 3.05) is 19.8 Å². The topological polar surface area (TPSA) is 64.4 Å². The minimum atomic E-state index is -0.322. The van der Waals surface area contributed by atoms with Crippen LogP contribution >= 0.6 is 0 Å². The molecule has 2 unspecified atom stereocenters. The van der Waals surface area contributed by atoms with Crippen molar-refractivity contribution in [1.29, 1.82) is 0 Å². The zero-order valence-electron chi connectivity index (χ0n) is 11.2. The van der Waals surface area contributed by atoms with E-state index in [0.29, 0.717) is 5.92 Å². The minimum absolute atomic E-state index is 0.0245. The number of para-hydroxylation sites is 1. The Morgan fingerprint density at radius 3 is 3.00 bits per heavy atom. The van der Waals surface area contributed by atoms with Crippen molar-refractivity contribution in [2.45, 2.75) is 25.8 Å². The average Bonchev–Trinajstić information content (AvgIpc) is 2.46. The normalized spacial score (nSPS) is 21.0. The summed E-state index contributed by atoms with van der Waals surface area (Å²) < 4.78 is 5.43. The van der Waals surface area contributed by atoms with Crippen molar-refractivity contribution < 1.29 is 9.66 Å². The Hall–Kier alpha value is -1.46. The third-order valence-corrected chi connectivity index (χ3v) is 3.57. The first-order valence-electron chi connectivity index (χ1n) is 6.73. The van der Waals surface area contributed by atoms with Crippen LogP contribution in [0.1, 0.15) is 31.4 Å². The Balaban J connectivity index is 1.95. The van der Waals surface area contributed by atoms with Gasteiger partial charge in [0.25, 0.3) is 5.69 Å². The Kier molecular flexibility index (Phi) is 4.87. The molecule has 1 fully saturated rings. The fourth-order valence-corrected chi connectivity index (χ4v) is 2.44. The molecule has 19 heavy (non-hydrogen) atoms. The number of nitrogens with one attached hydrogen (secondary N) is 1. The lowest BCUT2D eigenvalue weighted by atomic mass is 10.0. The van der Waals surface area contributed by atoms with Crippen molar-refractivity contribution in [3.8, 4) is 0 Å². The molecule has 1 N–H and O–H groups in total. The molecule has 0 amide bonds. The molecule has 0 aliphatic carbocycles. The van der Waals surface area contributed by atoms with Crippen molar-refractivity contribution in [2.24, 2.45) is 5.92 Å². The van der Waals surface area contributed by atoms with Crippen LogP contribution in [0.15, 0.2) is 24.3 Å². The number of benzene rings is 1. The van der Waals surface area contributed by atoms with Gasteiger partial charge < -0.3 is 10.1 Å². The van der Waals surface area contributed by atoms with E-state index < -0.39 is 0 Å². The second-order valence-corrected chi connectivity index (χ2v) is 5.03. The van der Waals surface area contributed by atoms with E-state index in [-0.39, 0.29) is 16.7 Å². The van der Waals surface area contributed by atoms with Gasteiger partial charge in [0.05, 0.1) is 11.5 Å². The highest BCUT2D eigenvalue weighted by Crippen LogP contribution is 2.24. The number of ether oxygens (including phenoxy) is 1. The van der Waals surface area contributed by atoms with Crippen molar-refractivity contribution >= 4 is 5.69 Å². The molecule has 0 spiro atoms. The fraction of sp³-hybridized carbons (Fsp3) is 0.571. The maximum absolute atomic E-state index is 11.0. The highest BCUT2D eigenvalue weighted by molar-refractivity contribution is 5.41. The van der Waals surface area contributed by atoms with E-state index in [1.165, 1.54) is 0 Å². The molecule has 0 aromatic heterocycles. The van der Waals surface area contributed by atoms with Gasteiger partial charge in [0.15, 0.2) is 0 Å². The summed E-state index contributed by atoms with van der Waals surface area (Å²) in [5, 5.41) is 14.4. The molecule has 5 nitrogen and oxygen atoms in total. The molecule has 2 atom stereocenters. The number of nitrogens with zero attached hydrogens (tertiary/aromatic N) is 1. The van der Waals surface area contributed by atoms with Crippen LogP contribution in [-0.4, -0.2) is 24.7 Å². The smallest absolute Gasteiger partial charge is 0.274 e. The fourth-order valence-electron chi connectivity index (χ4n) is 2.44. The summed E-state index contributed by atoms with van der Waals surface area (Å²) >= 11 is 0. The summed E-state index contributed by atoms with van der Waals surface area (Å²) in [5.41, 5.74) is 0.923. The van der Waals surface area contributed by atoms with E-state index in [2.05, 4.69) is 5.32 Å². The summed E-state index contributed by atoms with van der Waals surface area (Å²) in [6.07, 6.45) is 2.27. The minimum Gasteiger partial charge on any atom is -0.381 e. The zero-order chi connectivity index (χ0) is 13.7. The lowest BCUT2D eigenvalue weighted by Crippen LogP contribution is -2.31. The van der Waals surface area contributed by atoms with E-state index in [1.54, 1.807) is 12.1 Å². The van der Waals surface area contributed by atoms with Gasteiger partial charge in [0, 0.05) is 30.8 Å². The molecule has 1 aromatic rings. The Bertz CT molecular complexity index is 430. The van der Waals surface area contributed by atoms with Crippen LogP contribution in [0.4, 0.5) is 5.69 Å². The quantitative estimate of drug-likeness (QED) is 0.656. The average molecular weight is 264 g/mol. The number of rotatable bonds is 5. The van der Waals surface area contributed by atoms with Crippen molar-refractivity contribution in [3.63, 3.8) is 0 Å². The van der Waals surface area contributed by atoms with E-state index in [4.69, 9.17) is 4.74 Å². The first-order valence-corrected chi connectivity index (χ1v) is 6.73. The molecule has 5 heteroatoms. The molecule has 2 rings (SSSR count).